The number of hydrazone groups is 1. The van der Waals surface area contributed by atoms with Crippen molar-refractivity contribution in [1.82, 2.24) is 10.7 Å². The minimum absolute atomic E-state index is 0.344. The highest BCUT2D eigenvalue weighted by molar-refractivity contribution is 5.97. The fraction of sp³-hybridized carbons (Fsp3) is 0.150. The van der Waals surface area contributed by atoms with Crippen LogP contribution < -0.4 is 15.5 Å². The Hall–Kier alpha value is -3.41. The number of allylic oxidation sites excluding steroid dienone is 1. The molecule has 0 aliphatic heterocycles. The topological polar surface area (TPSA) is 79.8 Å². The molecule has 0 aliphatic carbocycles. The lowest BCUT2D eigenvalue weighted by molar-refractivity contribution is -0.122. The number of hydrogen-bond donors (Lipinski definition) is 2. The van der Waals surface area contributed by atoms with Gasteiger partial charge in [-0.25, -0.2) is 5.43 Å². The quantitative estimate of drug-likeness (QED) is 0.594. The highest BCUT2D eigenvalue weighted by Gasteiger charge is 2.16. The zero-order valence-electron chi connectivity index (χ0n) is 14.7. The van der Waals surface area contributed by atoms with Gasteiger partial charge in [0.2, 0.25) is 0 Å². The number of carbonyl (C=O) groups excluding carboxylic acids is 2. The van der Waals surface area contributed by atoms with Gasteiger partial charge in [-0.3, -0.25) is 9.59 Å². The smallest absolute Gasteiger partial charge is 0.262 e. The van der Waals surface area contributed by atoms with Crippen molar-refractivity contribution in [2.75, 3.05) is 7.11 Å². The van der Waals surface area contributed by atoms with E-state index in [1.54, 1.807) is 44.4 Å². The Labute approximate surface area is 152 Å². The fourth-order valence-corrected chi connectivity index (χ4v) is 2.05. The maximum atomic E-state index is 12.1. The van der Waals surface area contributed by atoms with Crippen molar-refractivity contribution < 1.29 is 14.3 Å². The first-order valence-electron chi connectivity index (χ1n) is 8.09. The SMILES string of the molecule is COc1ccc(C(=O)NC(C)C(=O)NN=CC=Cc2ccccc2)cc1. The Balaban J connectivity index is 1.80. The average molecular weight is 351 g/mol. The third kappa shape index (κ3) is 5.90. The summed E-state index contributed by atoms with van der Waals surface area (Å²) in [5.74, 6) is -0.0929. The number of nitrogens with one attached hydrogen (secondary N) is 2. The monoisotopic (exact) mass is 351 g/mol. The van der Waals surface area contributed by atoms with Gasteiger partial charge in [0, 0.05) is 11.8 Å². The van der Waals surface area contributed by atoms with Crippen molar-refractivity contribution in [3.05, 3.63) is 71.8 Å². The predicted octanol–water partition coefficient (Wildman–Crippen LogP) is 2.63. The lowest BCUT2D eigenvalue weighted by Gasteiger charge is -2.12. The average Bonchev–Trinajstić information content (AvgIpc) is 2.68. The first kappa shape index (κ1) is 18.9. The molecule has 0 aromatic heterocycles. The van der Waals surface area contributed by atoms with Gasteiger partial charge in [0.05, 0.1) is 7.11 Å². The summed E-state index contributed by atoms with van der Waals surface area (Å²) in [6.45, 7) is 1.59. The molecule has 6 heteroatoms. The van der Waals surface area contributed by atoms with Crippen LogP contribution in [0, 0.1) is 0 Å². The Bertz CT molecular complexity index is 784. The summed E-state index contributed by atoms with van der Waals surface area (Å²) in [6, 6.07) is 15.6. The molecule has 1 atom stereocenters. The number of hydrogen-bond acceptors (Lipinski definition) is 4. The summed E-state index contributed by atoms with van der Waals surface area (Å²) in [4.78, 5) is 24.1. The van der Waals surface area contributed by atoms with Gasteiger partial charge in [-0.05, 0) is 42.8 Å². The molecule has 2 rings (SSSR count). The van der Waals surface area contributed by atoms with Crippen molar-refractivity contribution in [3.8, 4) is 5.75 Å². The molecule has 0 spiro atoms. The van der Waals surface area contributed by atoms with Crippen LogP contribution >= 0.6 is 0 Å². The molecule has 0 saturated carbocycles. The Morgan fingerprint density at radius 1 is 1.08 bits per heavy atom. The van der Waals surface area contributed by atoms with E-state index in [9.17, 15) is 9.59 Å². The molecule has 0 fully saturated rings. The molecular formula is C20H21N3O3. The van der Waals surface area contributed by atoms with Crippen molar-refractivity contribution in [3.63, 3.8) is 0 Å². The zero-order chi connectivity index (χ0) is 18.8. The highest BCUT2D eigenvalue weighted by atomic mass is 16.5. The largest absolute Gasteiger partial charge is 0.497 e. The summed E-state index contributed by atoms with van der Waals surface area (Å²) in [6.07, 6.45) is 5.06. The van der Waals surface area contributed by atoms with E-state index in [4.69, 9.17) is 4.74 Å². The molecule has 2 aromatic rings. The molecule has 134 valence electrons. The third-order valence-corrected chi connectivity index (χ3v) is 3.52. The Morgan fingerprint density at radius 2 is 1.77 bits per heavy atom. The summed E-state index contributed by atoms with van der Waals surface area (Å²) in [5.41, 5.74) is 3.87. The summed E-state index contributed by atoms with van der Waals surface area (Å²) >= 11 is 0. The number of amides is 2. The van der Waals surface area contributed by atoms with E-state index < -0.39 is 11.9 Å². The molecule has 2 N–H and O–H groups in total. The first-order chi connectivity index (χ1) is 12.6. The second kappa shape index (κ2) is 9.78. The van der Waals surface area contributed by atoms with Crippen molar-refractivity contribution in [1.29, 1.82) is 0 Å². The molecule has 6 nitrogen and oxygen atoms in total. The molecule has 0 saturated heterocycles. The van der Waals surface area contributed by atoms with E-state index in [1.165, 1.54) is 6.21 Å². The molecule has 1 unspecified atom stereocenters. The van der Waals surface area contributed by atoms with Gasteiger partial charge < -0.3 is 10.1 Å². The minimum atomic E-state index is -0.722. The van der Waals surface area contributed by atoms with Crippen LogP contribution in [0.5, 0.6) is 5.75 Å². The standard InChI is InChI=1S/C20H21N3O3/c1-15(22-20(25)17-10-12-18(26-2)13-11-17)19(24)23-21-14-6-9-16-7-4-3-5-8-16/h3-15H,1-2H3,(H,22,25)(H,23,24). The minimum Gasteiger partial charge on any atom is -0.497 e. The zero-order valence-corrected chi connectivity index (χ0v) is 14.7. The van der Waals surface area contributed by atoms with Crippen LogP contribution in [0.15, 0.2) is 65.8 Å². The maximum Gasteiger partial charge on any atom is 0.262 e. The van der Waals surface area contributed by atoms with E-state index in [0.29, 0.717) is 11.3 Å². The molecule has 0 radical (unpaired) electrons. The molecular weight excluding hydrogens is 330 g/mol. The Kier molecular flexibility index (Phi) is 7.12. The summed E-state index contributed by atoms with van der Waals surface area (Å²) < 4.78 is 5.04. The number of methoxy groups -OCH3 is 1. The van der Waals surface area contributed by atoms with E-state index in [0.717, 1.165) is 5.56 Å². The molecule has 0 bridgehead atoms. The number of nitrogens with zero attached hydrogens (tertiary/aromatic N) is 1. The summed E-state index contributed by atoms with van der Waals surface area (Å²) in [7, 11) is 1.55. The molecule has 2 aromatic carbocycles. The highest BCUT2D eigenvalue weighted by Crippen LogP contribution is 2.11. The number of carbonyl (C=O) groups is 2. The van der Waals surface area contributed by atoms with Gasteiger partial charge in [0.1, 0.15) is 11.8 Å². The second-order valence-corrected chi connectivity index (χ2v) is 5.45. The second-order valence-electron chi connectivity index (χ2n) is 5.45. The Morgan fingerprint density at radius 3 is 2.42 bits per heavy atom. The van der Waals surface area contributed by atoms with Gasteiger partial charge in [0.15, 0.2) is 0 Å². The molecule has 26 heavy (non-hydrogen) atoms. The van der Waals surface area contributed by atoms with Crippen LogP contribution in [-0.4, -0.2) is 31.2 Å². The van der Waals surface area contributed by atoms with E-state index >= 15 is 0 Å². The van der Waals surface area contributed by atoms with Gasteiger partial charge in [0.25, 0.3) is 11.8 Å². The number of ether oxygens (including phenoxy) is 1. The predicted molar refractivity (Wildman–Crippen MR) is 102 cm³/mol. The van der Waals surface area contributed by atoms with E-state index in [2.05, 4.69) is 15.8 Å². The fourth-order valence-electron chi connectivity index (χ4n) is 2.05. The van der Waals surface area contributed by atoms with Crippen LogP contribution in [0.25, 0.3) is 6.08 Å². The van der Waals surface area contributed by atoms with Crippen molar-refractivity contribution >= 4 is 24.1 Å². The van der Waals surface area contributed by atoms with Gasteiger partial charge in [-0.1, -0.05) is 36.4 Å². The summed E-state index contributed by atoms with van der Waals surface area (Å²) in [5, 5.41) is 6.45. The van der Waals surface area contributed by atoms with Gasteiger partial charge in [-0.15, -0.1) is 0 Å². The normalized spacial score (nSPS) is 12.1. The van der Waals surface area contributed by atoms with Gasteiger partial charge >= 0.3 is 0 Å². The van der Waals surface area contributed by atoms with Crippen LogP contribution in [0.3, 0.4) is 0 Å². The molecule has 2 amide bonds. The lowest BCUT2D eigenvalue weighted by Crippen LogP contribution is -2.43. The van der Waals surface area contributed by atoms with Gasteiger partial charge in [-0.2, -0.15) is 5.10 Å². The number of benzene rings is 2. The van der Waals surface area contributed by atoms with Crippen LogP contribution in [0.2, 0.25) is 0 Å². The lowest BCUT2D eigenvalue weighted by atomic mass is 10.2. The van der Waals surface area contributed by atoms with Crippen molar-refractivity contribution in [2.24, 2.45) is 5.10 Å². The van der Waals surface area contributed by atoms with E-state index in [-0.39, 0.29) is 5.91 Å². The molecule has 0 aliphatic rings. The number of rotatable bonds is 7. The van der Waals surface area contributed by atoms with Crippen LogP contribution in [-0.2, 0) is 4.79 Å². The molecule has 0 heterocycles. The van der Waals surface area contributed by atoms with E-state index in [1.807, 2.05) is 36.4 Å². The van der Waals surface area contributed by atoms with Crippen LogP contribution in [0.1, 0.15) is 22.8 Å². The maximum absolute atomic E-state index is 12.1. The third-order valence-electron chi connectivity index (χ3n) is 3.52. The van der Waals surface area contributed by atoms with Crippen molar-refractivity contribution in [2.45, 2.75) is 13.0 Å². The van der Waals surface area contributed by atoms with Crippen LogP contribution in [0.4, 0.5) is 0 Å². The first-order valence-corrected chi connectivity index (χ1v) is 8.09.